The van der Waals surface area contributed by atoms with Gasteiger partial charge in [0.15, 0.2) is 0 Å². The number of hydrogen-bond acceptors (Lipinski definition) is 4. The number of anilines is 1. The third-order valence-electron chi connectivity index (χ3n) is 2.23. The van der Waals surface area contributed by atoms with Gasteiger partial charge in [0.25, 0.3) is 0 Å². The molecule has 0 aliphatic carbocycles. The molecule has 0 saturated carbocycles. The number of rotatable bonds is 8. The molecule has 17 heavy (non-hydrogen) atoms. The first kappa shape index (κ1) is 14.0. The normalized spacial score (nSPS) is 12.2. The number of ether oxygens (including phenoxy) is 1. The second-order valence-corrected chi connectivity index (χ2v) is 4.32. The highest BCUT2D eigenvalue weighted by Gasteiger charge is 2.04. The molecule has 0 fully saturated rings. The van der Waals surface area contributed by atoms with Gasteiger partial charge in [-0.2, -0.15) is 4.98 Å². The van der Waals surface area contributed by atoms with Gasteiger partial charge in [-0.1, -0.05) is 6.92 Å². The number of nitrogens with zero attached hydrogens (tertiary/aromatic N) is 2. The molecule has 0 amide bonds. The quantitative estimate of drug-likeness (QED) is 0.727. The Morgan fingerprint density at radius 3 is 3.06 bits per heavy atom. The summed E-state index contributed by atoms with van der Waals surface area (Å²) >= 11 is 5.65. The van der Waals surface area contributed by atoms with Gasteiger partial charge >= 0.3 is 0 Å². The fourth-order valence-corrected chi connectivity index (χ4v) is 1.53. The number of halogens is 1. The largest absolute Gasteiger partial charge is 0.478 e. The summed E-state index contributed by atoms with van der Waals surface area (Å²) in [6.45, 7) is 4.84. The van der Waals surface area contributed by atoms with Crippen molar-refractivity contribution < 1.29 is 4.74 Å². The Balaban J connectivity index is 2.47. The van der Waals surface area contributed by atoms with Gasteiger partial charge in [-0.15, -0.1) is 11.6 Å². The van der Waals surface area contributed by atoms with E-state index in [4.69, 9.17) is 16.3 Å². The minimum absolute atomic E-state index is 0.315. The van der Waals surface area contributed by atoms with Gasteiger partial charge in [-0.25, -0.2) is 4.98 Å². The van der Waals surface area contributed by atoms with Crippen molar-refractivity contribution in [2.24, 2.45) is 0 Å². The van der Waals surface area contributed by atoms with Gasteiger partial charge in [0.05, 0.1) is 6.61 Å². The lowest BCUT2D eigenvalue weighted by Gasteiger charge is -2.13. The average Bonchev–Trinajstić information content (AvgIpc) is 2.34. The zero-order valence-electron chi connectivity index (χ0n) is 10.4. The van der Waals surface area contributed by atoms with Crippen LogP contribution in [0, 0.1) is 0 Å². The van der Waals surface area contributed by atoms with E-state index in [9.17, 15) is 0 Å². The maximum atomic E-state index is 5.65. The van der Waals surface area contributed by atoms with E-state index in [0.717, 1.165) is 19.3 Å². The highest BCUT2D eigenvalue weighted by Crippen LogP contribution is 2.11. The lowest BCUT2D eigenvalue weighted by atomic mass is 10.2. The minimum atomic E-state index is 0.315. The molecular formula is C12H20ClN3O. The lowest BCUT2D eigenvalue weighted by molar-refractivity contribution is 0.305. The smallest absolute Gasteiger partial charge is 0.226 e. The molecule has 1 aromatic rings. The highest BCUT2D eigenvalue weighted by atomic mass is 35.5. The Hall–Kier alpha value is -1.03. The SMILES string of the molecule is CCCOc1ccnc(NC(C)CCCCl)n1. The summed E-state index contributed by atoms with van der Waals surface area (Å²) in [5.41, 5.74) is 0. The van der Waals surface area contributed by atoms with E-state index in [1.807, 2.05) is 0 Å². The van der Waals surface area contributed by atoms with Crippen LogP contribution in [0.5, 0.6) is 5.88 Å². The second kappa shape index (κ2) is 8.12. The Morgan fingerprint density at radius 2 is 2.35 bits per heavy atom. The Morgan fingerprint density at radius 1 is 1.53 bits per heavy atom. The van der Waals surface area contributed by atoms with Crippen LogP contribution < -0.4 is 10.1 Å². The van der Waals surface area contributed by atoms with Gasteiger partial charge in [0.1, 0.15) is 0 Å². The molecule has 96 valence electrons. The van der Waals surface area contributed by atoms with Crippen molar-refractivity contribution in [1.29, 1.82) is 0 Å². The van der Waals surface area contributed by atoms with Crippen LogP contribution in [0.2, 0.25) is 0 Å². The van der Waals surface area contributed by atoms with E-state index < -0.39 is 0 Å². The molecule has 0 spiro atoms. The molecule has 4 nitrogen and oxygen atoms in total. The van der Waals surface area contributed by atoms with Crippen molar-refractivity contribution >= 4 is 17.5 Å². The molecule has 0 aliphatic heterocycles. The highest BCUT2D eigenvalue weighted by molar-refractivity contribution is 6.17. The predicted octanol–water partition coefficient (Wildman–Crippen LogP) is 3.08. The van der Waals surface area contributed by atoms with E-state index in [1.54, 1.807) is 12.3 Å². The second-order valence-electron chi connectivity index (χ2n) is 3.94. The minimum Gasteiger partial charge on any atom is -0.478 e. The first-order valence-corrected chi connectivity index (χ1v) is 6.58. The van der Waals surface area contributed by atoms with Crippen LogP contribution in [0.1, 0.15) is 33.1 Å². The summed E-state index contributed by atoms with van der Waals surface area (Å²) in [5, 5.41) is 3.23. The molecule has 0 saturated heterocycles. The Labute approximate surface area is 108 Å². The number of nitrogens with one attached hydrogen (secondary N) is 1. The molecule has 1 unspecified atom stereocenters. The van der Waals surface area contributed by atoms with Crippen molar-refractivity contribution in [2.75, 3.05) is 17.8 Å². The van der Waals surface area contributed by atoms with Crippen LogP contribution in [0.25, 0.3) is 0 Å². The third-order valence-corrected chi connectivity index (χ3v) is 2.50. The summed E-state index contributed by atoms with van der Waals surface area (Å²) in [4.78, 5) is 8.44. The summed E-state index contributed by atoms with van der Waals surface area (Å²) < 4.78 is 5.45. The topological polar surface area (TPSA) is 47.0 Å². The number of hydrogen-bond donors (Lipinski definition) is 1. The van der Waals surface area contributed by atoms with Crippen molar-refractivity contribution in [3.05, 3.63) is 12.3 Å². The van der Waals surface area contributed by atoms with E-state index in [0.29, 0.717) is 30.4 Å². The maximum absolute atomic E-state index is 5.65. The van der Waals surface area contributed by atoms with Gasteiger partial charge in [-0.3, -0.25) is 0 Å². The summed E-state index contributed by atoms with van der Waals surface area (Å²) in [6.07, 6.45) is 4.67. The van der Waals surface area contributed by atoms with E-state index >= 15 is 0 Å². The van der Waals surface area contributed by atoms with Crippen LogP contribution in [0.4, 0.5) is 5.95 Å². The van der Waals surface area contributed by atoms with Gasteiger partial charge in [0, 0.05) is 24.2 Å². The van der Waals surface area contributed by atoms with E-state index in [2.05, 4.69) is 29.1 Å². The zero-order valence-corrected chi connectivity index (χ0v) is 11.2. The molecule has 1 atom stereocenters. The standard InChI is InChI=1S/C12H20ClN3O/c1-3-9-17-11-6-8-14-12(16-11)15-10(2)5-4-7-13/h6,8,10H,3-5,7,9H2,1-2H3,(H,14,15,16). The molecule has 0 radical (unpaired) electrons. The summed E-state index contributed by atoms with van der Waals surface area (Å²) in [5.74, 6) is 1.92. The maximum Gasteiger partial charge on any atom is 0.226 e. The fourth-order valence-electron chi connectivity index (χ4n) is 1.37. The lowest BCUT2D eigenvalue weighted by Crippen LogP contribution is -2.17. The van der Waals surface area contributed by atoms with Crippen molar-refractivity contribution in [3.63, 3.8) is 0 Å². The van der Waals surface area contributed by atoms with Crippen LogP contribution >= 0.6 is 11.6 Å². The fraction of sp³-hybridized carbons (Fsp3) is 0.667. The average molecular weight is 258 g/mol. The Bertz CT molecular complexity index is 322. The molecule has 1 N–H and O–H groups in total. The van der Waals surface area contributed by atoms with Gasteiger partial charge < -0.3 is 10.1 Å². The molecule has 0 bridgehead atoms. The van der Waals surface area contributed by atoms with Crippen molar-refractivity contribution in [3.8, 4) is 5.88 Å². The van der Waals surface area contributed by atoms with E-state index in [1.165, 1.54) is 0 Å². The molecular weight excluding hydrogens is 238 g/mol. The number of alkyl halides is 1. The monoisotopic (exact) mass is 257 g/mol. The van der Waals surface area contributed by atoms with E-state index in [-0.39, 0.29) is 0 Å². The van der Waals surface area contributed by atoms with Crippen LogP contribution in [0.3, 0.4) is 0 Å². The van der Waals surface area contributed by atoms with Crippen molar-refractivity contribution in [2.45, 2.75) is 39.2 Å². The van der Waals surface area contributed by atoms with Gasteiger partial charge in [-0.05, 0) is 26.2 Å². The zero-order chi connectivity index (χ0) is 12.5. The first-order valence-electron chi connectivity index (χ1n) is 6.04. The van der Waals surface area contributed by atoms with Crippen molar-refractivity contribution in [1.82, 2.24) is 9.97 Å². The first-order chi connectivity index (χ1) is 8.26. The third kappa shape index (κ3) is 5.73. The molecule has 1 heterocycles. The molecule has 0 aliphatic rings. The summed E-state index contributed by atoms with van der Waals surface area (Å²) in [6, 6.07) is 2.08. The van der Waals surface area contributed by atoms with Crippen LogP contribution in [-0.4, -0.2) is 28.5 Å². The van der Waals surface area contributed by atoms with Crippen LogP contribution in [-0.2, 0) is 0 Å². The van der Waals surface area contributed by atoms with Gasteiger partial charge in [0.2, 0.25) is 11.8 Å². The molecule has 1 rings (SSSR count). The molecule has 1 aromatic heterocycles. The van der Waals surface area contributed by atoms with Crippen LogP contribution in [0.15, 0.2) is 12.3 Å². The number of aromatic nitrogens is 2. The molecule has 0 aromatic carbocycles. The molecule has 5 heteroatoms. The Kier molecular flexibility index (Phi) is 6.70. The predicted molar refractivity (Wildman–Crippen MR) is 70.9 cm³/mol. The summed E-state index contributed by atoms with van der Waals surface area (Å²) in [7, 11) is 0.